The molecule has 0 radical (unpaired) electrons. The number of carbonyl (C=O) groups excluding carboxylic acids is 3. The molecule has 2 aromatic carbocycles. The van der Waals surface area contributed by atoms with Crippen LogP contribution in [0.1, 0.15) is 41.4 Å². The van der Waals surface area contributed by atoms with E-state index in [-0.39, 0.29) is 12.5 Å². The molecule has 9 nitrogen and oxygen atoms in total. The van der Waals surface area contributed by atoms with Gasteiger partial charge in [-0.2, -0.15) is 5.10 Å². The molecular weight excluding hydrogens is 458 g/mol. The Bertz CT molecular complexity index is 1340. The molecule has 0 fully saturated rings. The molecule has 3 aromatic rings. The summed E-state index contributed by atoms with van der Waals surface area (Å²) in [6, 6.07) is 11.8. The molecule has 1 atom stereocenters. The number of amides is 4. The SMILES string of the molecule is C#CC(C)(C)Oc1ccc2c(c1)C(=O)N(C[C@H](NC(=O)NC=O)c1ccc(-c3cnn(C)c3)cc1)C2. The molecule has 36 heavy (non-hydrogen) atoms. The lowest BCUT2D eigenvalue weighted by molar-refractivity contribution is -0.108. The summed E-state index contributed by atoms with van der Waals surface area (Å²) in [5.41, 5.74) is 3.29. The van der Waals surface area contributed by atoms with E-state index in [1.54, 1.807) is 41.8 Å². The molecule has 2 heterocycles. The highest BCUT2D eigenvalue weighted by atomic mass is 16.5. The topological polar surface area (TPSA) is 106 Å². The summed E-state index contributed by atoms with van der Waals surface area (Å²) >= 11 is 0. The highest BCUT2D eigenvalue weighted by molar-refractivity contribution is 5.98. The van der Waals surface area contributed by atoms with E-state index in [0.717, 1.165) is 22.3 Å². The van der Waals surface area contributed by atoms with Crippen molar-refractivity contribution in [2.75, 3.05) is 6.54 Å². The van der Waals surface area contributed by atoms with Crippen LogP contribution in [0.15, 0.2) is 54.9 Å². The first-order valence-corrected chi connectivity index (χ1v) is 11.4. The zero-order valence-electron chi connectivity index (χ0n) is 20.3. The monoisotopic (exact) mass is 485 g/mol. The zero-order valence-corrected chi connectivity index (χ0v) is 20.3. The molecule has 1 aromatic heterocycles. The Kier molecular flexibility index (Phi) is 6.79. The number of carbonyl (C=O) groups is 3. The molecule has 4 amide bonds. The fraction of sp³-hybridized carbons (Fsp3) is 0.259. The fourth-order valence-electron chi connectivity index (χ4n) is 4.06. The minimum absolute atomic E-state index is 0.177. The van der Waals surface area contributed by atoms with Gasteiger partial charge in [0.15, 0.2) is 5.60 Å². The van der Waals surface area contributed by atoms with Crippen molar-refractivity contribution in [1.82, 2.24) is 25.3 Å². The van der Waals surface area contributed by atoms with Crippen molar-refractivity contribution in [3.8, 4) is 29.2 Å². The molecule has 1 aliphatic rings. The van der Waals surface area contributed by atoms with Gasteiger partial charge in [0.25, 0.3) is 5.91 Å². The lowest BCUT2D eigenvalue weighted by Crippen LogP contribution is -2.42. The van der Waals surface area contributed by atoms with Crippen LogP contribution in [0.2, 0.25) is 0 Å². The van der Waals surface area contributed by atoms with Gasteiger partial charge in [0.1, 0.15) is 5.75 Å². The van der Waals surface area contributed by atoms with Crippen LogP contribution in [-0.4, -0.2) is 45.2 Å². The summed E-state index contributed by atoms with van der Waals surface area (Å²) in [6.07, 6.45) is 9.51. The first-order chi connectivity index (χ1) is 17.2. The zero-order chi connectivity index (χ0) is 25.9. The smallest absolute Gasteiger partial charge is 0.321 e. The van der Waals surface area contributed by atoms with Gasteiger partial charge in [0.05, 0.1) is 12.2 Å². The lowest BCUT2D eigenvalue weighted by Gasteiger charge is -2.25. The van der Waals surface area contributed by atoms with E-state index in [0.29, 0.717) is 24.3 Å². The average molecular weight is 486 g/mol. The molecule has 2 N–H and O–H groups in total. The Morgan fingerprint density at radius 3 is 2.64 bits per heavy atom. The number of aromatic nitrogens is 2. The van der Waals surface area contributed by atoms with E-state index in [1.165, 1.54) is 0 Å². The van der Waals surface area contributed by atoms with Crippen LogP contribution in [0.25, 0.3) is 11.1 Å². The third kappa shape index (κ3) is 5.39. The predicted molar refractivity (Wildman–Crippen MR) is 134 cm³/mol. The number of aryl methyl sites for hydroxylation is 1. The summed E-state index contributed by atoms with van der Waals surface area (Å²) in [5.74, 6) is 2.91. The van der Waals surface area contributed by atoms with Gasteiger partial charge in [-0.3, -0.25) is 19.6 Å². The summed E-state index contributed by atoms with van der Waals surface area (Å²) in [7, 11) is 1.85. The molecule has 184 valence electrons. The van der Waals surface area contributed by atoms with Crippen molar-refractivity contribution in [3.63, 3.8) is 0 Å². The van der Waals surface area contributed by atoms with E-state index in [1.807, 2.05) is 43.6 Å². The number of nitrogens with zero attached hydrogens (tertiary/aromatic N) is 3. The van der Waals surface area contributed by atoms with Crippen molar-refractivity contribution < 1.29 is 19.1 Å². The minimum Gasteiger partial charge on any atom is -0.475 e. The second-order valence-corrected chi connectivity index (χ2v) is 9.07. The molecular formula is C27H27N5O4. The number of ether oxygens (including phenoxy) is 1. The van der Waals surface area contributed by atoms with Crippen molar-refractivity contribution >= 4 is 18.3 Å². The number of urea groups is 1. The number of benzene rings is 2. The molecule has 0 saturated carbocycles. The van der Waals surface area contributed by atoms with Gasteiger partial charge in [0, 0.05) is 37.5 Å². The number of rotatable bonds is 8. The minimum atomic E-state index is -0.807. The largest absolute Gasteiger partial charge is 0.475 e. The lowest BCUT2D eigenvalue weighted by atomic mass is 10.0. The van der Waals surface area contributed by atoms with Gasteiger partial charge < -0.3 is 15.0 Å². The quantitative estimate of drug-likeness (QED) is 0.377. The van der Waals surface area contributed by atoms with E-state index >= 15 is 0 Å². The van der Waals surface area contributed by atoms with Crippen molar-refractivity contribution in [1.29, 1.82) is 0 Å². The number of hydrogen-bond acceptors (Lipinski definition) is 5. The van der Waals surface area contributed by atoms with Gasteiger partial charge in [-0.05, 0) is 42.7 Å². The highest BCUT2D eigenvalue weighted by Crippen LogP contribution is 2.30. The Hall–Kier alpha value is -4.58. The van der Waals surface area contributed by atoms with Crippen LogP contribution in [0.4, 0.5) is 4.79 Å². The fourth-order valence-corrected chi connectivity index (χ4v) is 4.06. The summed E-state index contributed by atoms with van der Waals surface area (Å²) in [4.78, 5) is 37.9. The maximum absolute atomic E-state index is 13.2. The van der Waals surface area contributed by atoms with E-state index in [9.17, 15) is 14.4 Å². The van der Waals surface area contributed by atoms with Crippen LogP contribution < -0.4 is 15.4 Å². The summed E-state index contributed by atoms with van der Waals surface area (Å²) in [6.45, 7) is 4.13. The van der Waals surface area contributed by atoms with E-state index in [2.05, 4.69) is 21.7 Å². The average Bonchev–Trinajstić information content (AvgIpc) is 3.42. The molecule has 4 rings (SSSR count). The summed E-state index contributed by atoms with van der Waals surface area (Å²) in [5, 5.41) is 9.07. The molecule has 1 aliphatic heterocycles. The third-order valence-corrected chi connectivity index (χ3v) is 5.93. The maximum Gasteiger partial charge on any atom is 0.321 e. The second-order valence-electron chi connectivity index (χ2n) is 9.07. The Balaban J connectivity index is 1.55. The van der Waals surface area contributed by atoms with Crippen LogP contribution in [0.5, 0.6) is 5.75 Å². The van der Waals surface area contributed by atoms with Gasteiger partial charge in [0.2, 0.25) is 6.41 Å². The second kappa shape index (κ2) is 9.96. The normalized spacial score (nSPS) is 13.5. The molecule has 0 saturated heterocycles. The van der Waals surface area contributed by atoms with Crippen molar-refractivity contribution in [3.05, 3.63) is 71.5 Å². The molecule has 0 unspecified atom stereocenters. The van der Waals surface area contributed by atoms with Crippen molar-refractivity contribution in [2.24, 2.45) is 7.05 Å². The van der Waals surface area contributed by atoms with Crippen LogP contribution in [0.3, 0.4) is 0 Å². The van der Waals surface area contributed by atoms with Crippen LogP contribution >= 0.6 is 0 Å². The number of nitrogens with one attached hydrogen (secondary N) is 2. The molecule has 0 aliphatic carbocycles. The van der Waals surface area contributed by atoms with Crippen molar-refractivity contribution in [2.45, 2.75) is 32.0 Å². The van der Waals surface area contributed by atoms with Gasteiger partial charge in [-0.1, -0.05) is 36.3 Å². The maximum atomic E-state index is 13.2. The van der Waals surface area contributed by atoms with Gasteiger partial charge >= 0.3 is 6.03 Å². The third-order valence-electron chi connectivity index (χ3n) is 5.93. The predicted octanol–water partition coefficient (Wildman–Crippen LogP) is 3.03. The summed E-state index contributed by atoms with van der Waals surface area (Å²) < 4.78 is 7.55. The standard InChI is InChI=1S/C27H27N5O4/c1-5-27(2,3)36-22-11-10-20-15-32(25(34)23(20)12-22)16-24(30-26(35)28-17-33)19-8-6-18(7-9-19)21-13-29-31(4)14-21/h1,6-14,17,24H,15-16H2,2-4H3,(H2,28,30,33,35)/t24-/m0/s1. The molecule has 0 spiro atoms. The number of terminal acetylenes is 1. The Morgan fingerprint density at radius 2 is 2.00 bits per heavy atom. The number of fused-ring (bicyclic) bond motifs is 1. The Morgan fingerprint density at radius 1 is 1.25 bits per heavy atom. The van der Waals surface area contributed by atoms with Crippen LogP contribution in [-0.2, 0) is 18.4 Å². The molecule has 0 bridgehead atoms. The number of hydrogen-bond donors (Lipinski definition) is 2. The van der Waals surface area contributed by atoms with E-state index < -0.39 is 17.7 Å². The van der Waals surface area contributed by atoms with Gasteiger partial charge in [-0.25, -0.2) is 4.79 Å². The number of imide groups is 1. The van der Waals surface area contributed by atoms with Crippen LogP contribution in [0, 0.1) is 12.3 Å². The first kappa shape index (κ1) is 24.5. The first-order valence-electron chi connectivity index (χ1n) is 11.4. The highest BCUT2D eigenvalue weighted by Gasteiger charge is 2.31. The van der Waals surface area contributed by atoms with Gasteiger partial charge in [-0.15, -0.1) is 6.42 Å². The molecule has 9 heteroatoms. The Labute approximate surface area is 209 Å². The van der Waals surface area contributed by atoms with E-state index in [4.69, 9.17) is 11.2 Å².